The van der Waals surface area contributed by atoms with Crippen LogP contribution >= 0.6 is 11.3 Å². The van der Waals surface area contributed by atoms with Gasteiger partial charge < -0.3 is 20.0 Å². The number of likely N-dealkylation sites (tertiary alicyclic amines) is 1. The molecular formula is C21H26N6O2S. The number of carbonyl (C=O) groups is 1. The van der Waals surface area contributed by atoms with Crippen LogP contribution in [0.15, 0.2) is 34.2 Å². The number of likely N-dealkylation sites (N-methyl/N-ethyl adjacent to an activating group) is 1. The molecule has 9 heteroatoms. The molecule has 1 aliphatic heterocycles. The van der Waals surface area contributed by atoms with E-state index in [1.54, 1.807) is 12.3 Å². The van der Waals surface area contributed by atoms with Gasteiger partial charge in [-0.2, -0.15) is 0 Å². The fraction of sp³-hybridized carbons (Fsp3) is 0.429. The van der Waals surface area contributed by atoms with Crippen LogP contribution in [-0.4, -0.2) is 58.0 Å². The zero-order valence-electron chi connectivity index (χ0n) is 17.2. The van der Waals surface area contributed by atoms with E-state index in [1.807, 2.05) is 24.4 Å². The maximum Gasteiger partial charge on any atom is 0.226 e. The van der Waals surface area contributed by atoms with Gasteiger partial charge in [0.1, 0.15) is 22.3 Å². The predicted molar refractivity (Wildman–Crippen MR) is 117 cm³/mol. The Labute approximate surface area is 179 Å². The minimum atomic E-state index is -0.0627. The van der Waals surface area contributed by atoms with Crippen molar-refractivity contribution in [1.29, 1.82) is 0 Å². The second-order valence-corrected chi connectivity index (χ2v) is 8.25. The molecule has 1 aliphatic rings. The van der Waals surface area contributed by atoms with Crippen molar-refractivity contribution in [3.63, 3.8) is 0 Å². The van der Waals surface area contributed by atoms with E-state index < -0.39 is 0 Å². The lowest BCUT2D eigenvalue weighted by atomic mass is 10.3. The van der Waals surface area contributed by atoms with E-state index in [0.29, 0.717) is 35.6 Å². The lowest BCUT2D eigenvalue weighted by Gasteiger charge is -2.16. The number of hydrogen-bond acceptors (Lipinski definition) is 8. The molecule has 30 heavy (non-hydrogen) atoms. The molecule has 4 heterocycles. The monoisotopic (exact) mass is 426 g/mol. The first-order valence-corrected chi connectivity index (χ1v) is 11.1. The summed E-state index contributed by atoms with van der Waals surface area (Å²) >= 11 is 1.49. The normalized spacial score (nSPS) is 16.8. The minimum Gasteiger partial charge on any atom is -0.458 e. The molecule has 3 aromatic rings. The van der Waals surface area contributed by atoms with E-state index in [4.69, 9.17) is 4.42 Å². The Morgan fingerprint density at radius 2 is 2.27 bits per heavy atom. The number of rotatable bonds is 8. The van der Waals surface area contributed by atoms with Crippen LogP contribution in [0.4, 0.5) is 5.82 Å². The topological polar surface area (TPSA) is 96.2 Å². The van der Waals surface area contributed by atoms with Crippen molar-refractivity contribution in [3.8, 4) is 22.3 Å². The number of aromatic nitrogens is 3. The van der Waals surface area contributed by atoms with Crippen molar-refractivity contribution < 1.29 is 9.21 Å². The first-order valence-electron chi connectivity index (χ1n) is 10.2. The molecule has 1 saturated heterocycles. The third-order valence-corrected chi connectivity index (χ3v) is 5.82. The third-order valence-electron chi connectivity index (χ3n) is 5.03. The highest BCUT2D eigenvalue weighted by atomic mass is 32.1. The number of nitrogens with one attached hydrogen (secondary N) is 2. The molecule has 0 spiro atoms. The molecule has 0 radical (unpaired) electrons. The molecule has 0 aromatic carbocycles. The zero-order valence-corrected chi connectivity index (χ0v) is 18.0. The highest BCUT2D eigenvalue weighted by molar-refractivity contribution is 7.13. The molecule has 0 aliphatic carbocycles. The van der Waals surface area contributed by atoms with Crippen molar-refractivity contribution in [2.75, 3.05) is 31.5 Å². The average molecular weight is 427 g/mol. The highest BCUT2D eigenvalue weighted by Crippen LogP contribution is 2.26. The molecule has 8 nitrogen and oxygen atoms in total. The average Bonchev–Trinajstić information content (AvgIpc) is 3.49. The highest BCUT2D eigenvalue weighted by Gasteiger charge is 2.22. The van der Waals surface area contributed by atoms with Gasteiger partial charge in [0.2, 0.25) is 5.91 Å². The number of furan rings is 1. The van der Waals surface area contributed by atoms with E-state index >= 15 is 0 Å². The summed E-state index contributed by atoms with van der Waals surface area (Å²) in [6.07, 6.45) is 3.28. The van der Waals surface area contributed by atoms with Gasteiger partial charge in [-0.05, 0) is 38.6 Å². The van der Waals surface area contributed by atoms with Crippen LogP contribution in [0.25, 0.3) is 22.3 Å². The Bertz CT molecular complexity index is 987. The molecule has 1 fully saturated rings. The second-order valence-electron chi connectivity index (χ2n) is 7.35. The third kappa shape index (κ3) is 5.10. The molecule has 0 bridgehead atoms. The lowest BCUT2D eigenvalue weighted by Crippen LogP contribution is -2.33. The summed E-state index contributed by atoms with van der Waals surface area (Å²) < 4.78 is 5.68. The summed E-state index contributed by atoms with van der Waals surface area (Å²) in [5.41, 5.74) is 0.660. The summed E-state index contributed by atoms with van der Waals surface area (Å²) in [6.45, 7) is 7.72. The maximum absolute atomic E-state index is 12.6. The molecule has 158 valence electrons. The second kappa shape index (κ2) is 9.46. The van der Waals surface area contributed by atoms with Crippen LogP contribution in [0.3, 0.4) is 0 Å². The van der Waals surface area contributed by atoms with Crippen molar-refractivity contribution in [1.82, 2.24) is 25.2 Å². The number of aryl methyl sites for hydroxylation is 1. The van der Waals surface area contributed by atoms with Crippen molar-refractivity contribution in [2.24, 2.45) is 0 Å². The number of thiazole rings is 1. The van der Waals surface area contributed by atoms with Gasteiger partial charge in [-0.3, -0.25) is 4.79 Å². The molecule has 1 atom stereocenters. The number of nitrogens with zero attached hydrogens (tertiary/aromatic N) is 4. The van der Waals surface area contributed by atoms with Crippen LogP contribution < -0.4 is 10.6 Å². The quantitative estimate of drug-likeness (QED) is 0.571. The van der Waals surface area contributed by atoms with Crippen LogP contribution in [-0.2, 0) is 4.79 Å². The van der Waals surface area contributed by atoms with Gasteiger partial charge in [-0.25, -0.2) is 15.0 Å². The molecule has 2 N–H and O–H groups in total. The number of hydrogen-bond donors (Lipinski definition) is 2. The number of amides is 1. The van der Waals surface area contributed by atoms with Crippen molar-refractivity contribution in [3.05, 3.63) is 35.5 Å². The number of anilines is 1. The van der Waals surface area contributed by atoms with E-state index in [9.17, 15) is 4.79 Å². The molecule has 0 saturated carbocycles. The van der Waals surface area contributed by atoms with Crippen LogP contribution in [0.1, 0.15) is 25.5 Å². The summed E-state index contributed by atoms with van der Waals surface area (Å²) in [4.78, 5) is 28.3. The summed E-state index contributed by atoms with van der Waals surface area (Å²) in [6, 6.07) is 5.98. The Morgan fingerprint density at radius 1 is 1.37 bits per heavy atom. The summed E-state index contributed by atoms with van der Waals surface area (Å²) in [5, 5.41) is 9.06. The predicted octanol–water partition coefficient (Wildman–Crippen LogP) is 3.18. The largest absolute Gasteiger partial charge is 0.458 e. The lowest BCUT2D eigenvalue weighted by molar-refractivity contribution is -0.116. The van der Waals surface area contributed by atoms with Crippen molar-refractivity contribution in [2.45, 2.75) is 32.7 Å². The van der Waals surface area contributed by atoms with Gasteiger partial charge in [0.05, 0.1) is 0 Å². The van der Waals surface area contributed by atoms with E-state index in [-0.39, 0.29) is 5.91 Å². The minimum absolute atomic E-state index is 0.0627. The molecule has 0 unspecified atom stereocenters. The molecular weight excluding hydrogens is 400 g/mol. The zero-order chi connectivity index (χ0) is 20.9. The Hall–Kier alpha value is -2.62. The van der Waals surface area contributed by atoms with E-state index in [0.717, 1.165) is 43.4 Å². The molecule has 3 aromatic heterocycles. The van der Waals surface area contributed by atoms with Gasteiger partial charge in [-0.15, -0.1) is 11.3 Å². The summed E-state index contributed by atoms with van der Waals surface area (Å²) in [5.74, 6) is 2.16. The fourth-order valence-corrected chi connectivity index (χ4v) is 4.19. The number of carbonyl (C=O) groups excluding carboxylic acids is 1. The van der Waals surface area contributed by atoms with Gasteiger partial charge in [0.25, 0.3) is 0 Å². The first kappa shape index (κ1) is 20.6. The molecule has 4 rings (SSSR count). The standard InChI is InChI=1S/C21H26N6O2S/c1-3-22-15-6-9-27(13-15)10-7-19(28)25-18-12-16(21-23-8-11-30-21)24-20(26-18)17-5-4-14(2)29-17/h4-5,8,11-12,15,22H,3,6-7,9-10,13H2,1-2H3,(H,24,25,26,28)/t15-/m1/s1. The SMILES string of the molecule is CCN[C@@H]1CCN(CCC(=O)Nc2cc(-c3nccs3)nc(-c3ccc(C)o3)n2)C1. The summed E-state index contributed by atoms with van der Waals surface area (Å²) in [7, 11) is 0. The van der Waals surface area contributed by atoms with Crippen LogP contribution in [0.2, 0.25) is 0 Å². The first-order chi connectivity index (χ1) is 14.6. The van der Waals surface area contributed by atoms with Gasteiger partial charge in [0.15, 0.2) is 11.6 Å². The van der Waals surface area contributed by atoms with E-state index in [1.165, 1.54) is 11.3 Å². The van der Waals surface area contributed by atoms with Gasteiger partial charge in [0, 0.05) is 43.2 Å². The van der Waals surface area contributed by atoms with Crippen LogP contribution in [0, 0.1) is 6.92 Å². The smallest absolute Gasteiger partial charge is 0.226 e. The molecule has 1 amide bonds. The maximum atomic E-state index is 12.6. The van der Waals surface area contributed by atoms with Gasteiger partial charge in [-0.1, -0.05) is 6.92 Å². The van der Waals surface area contributed by atoms with Gasteiger partial charge >= 0.3 is 0 Å². The fourth-order valence-electron chi connectivity index (χ4n) is 3.59. The Kier molecular flexibility index (Phi) is 6.51. The van der Waals surface area contributed by atoms with E-state index in [2.05, 4.69) is 37.4 Å². The Morgan fingerprint density at radius 3 is 3.00 bits per heavy atom. The Balaban J connectivity index is 1.45. The van der Waals surface area contributed by atoms with Crippen molar-refractivity contribution >= 4 is 23.1 Å². The van der Waals surface area contributed by atoms with Crippen LogP contribution in [0.5, 0.6) is 0 Å².